The molecule has 0 unspecified atom stereocenters. The Hall–Kier alpha value is -3.26. The van der Waals surface area contributed by atoms with Gasteiger partial charge in [-0.05, 0) is 31.2 Å². The summed E-state index contributed by atoms with van der Waals surface area (Å²) in [5, 5.41) is 10.4. The molecule has 0 saturated heterocycles. The summed E-state index contributed by atoms with van der Waals surface area (Å²) < 4.78 is 3.50. The summed E-state index contributed by atoms with van der Waals surface area (Å²) in [4.78, 5) is 20.3. The number of hydrogen-bond donors (Lipinski definition) is 1. The molecule has 1 amide bonds. The molecule has 0 radical (unpaired) electrons. The predicted molar refractivity (Wildman–Crippen MR) is 105 cm³/mol. The van der Waals surface area contributed by atoms with Gasteiger partial charge in [0.15, 0.2) is 5.82 Å². The summed E-state index contributed by atoms with van der Waals surface area (Å²) in [6.07, 6.45) is 4.14. The molecule has 142 valence electrons. The smallest absolute Gasteiger partial charge is 0.225 e. The van der Waals surface area contributed by atoms with E-state index in [9.17, 15) is 4.79 Å². The maximum absolute atomic E-state index is 11.4. The molecule has 0 atom stereocenters. The summed E-state index contributed by atoms with van der Waals surface area (Å²) in [7, 11) is 1.87. The first-order valence-corrected chi connectivity index (χ1v) is 9.05. The van der Waals surface area contributed by atoms with Crippen LogP contribution in [0.3, 0.4) is 0 Å². The molecule has 0 saturated carbocycles. The van der Waals surface area contributed by atoms with Crippen molar-refractivity contribution in [2.45, 2.75) is 19.8 Å². The zero-order valence-electron chi connectivity index (χ0n) is 15.4. The third-order valence-electron chi connectivity index (χ3n) is 4.42. The van der Waals surface area contributed by atoms with Crippen molar-refractivity contribution >= 4 is 28.4 Å². The molecule has 3 heterocycles. The van der Waals surface area contributed by atoms with Gasteiger partial charge in [-0.15, -0.1) is 0 Å². The molecule has 3 aromatic heterocycles. The average molecular weight is 396 g/mol. The molecule has 0 bridgehead atoms. The Balaban J connectivity index is 1.87. The third-order valence-corrected chi connectivity index (χ3v) is 4.66. The maximum Gasteiger partial charge on any atom is 0.225 e. The van der Waals surface area contributed by atoms with Gasteiger partial charge in [-0.25, -0.2) is 9.67 Å². The molecule has 0 aliphatic rings. The standard InChI is InChI=1S/C19H18ClN7O/c1-11-12(10-26(2)24-11)7-19-23-18(9-17(21)28)25-27(19)16-5-6-22-15-8-13(20)3-4-14(15)16/h3-6,8,10H,7,9H2,1-2H3,(H2,21,28). The highest BCUT2D eigenvalue weighted by Gasteiger charge is 2.17. The Kier molecular flexibility index (Phi) is 4.56. The monoisotopic (exact) mass is 395 g/mol. The van der Waals surface area contributed by atoms with E-state index in [1.54, 1.807) is 27.7 Å². The molecule has 4 rings (SSSR count). The number of nitrogens with zero attached hydrogens (tertiary/aromatic N) is 6. The van der Waals surface area contributed by atoms with E-state index in [0.29, 0.717) is 23.1 Å². The van der Waals surface area contributed by atoms with Crippen LogP contribution in [0.15, 0.2) is 36.7 Å². The van der Waals surface area contributed by atoms with Gasteiger partial charge in [-0.3, -0.25) is 14.5 Å². The molecule has 8 nitrogen and oxygen atoms in total. The minimum Gasteiger partial charge on any atom is -0.369 e. The van der Waals surface area contributed by atoms with Crippen molar-refractivity contribution in [2.24, 2.45) is 12.8 Å². The van der Waals surface area contributed by atoms with Crippen molar-refractivity contribution in [3.8, 4) is 5.69 Å². The summed E-state index contributed by atoms with van der Waals surface area (Å²) in [6.45, 7) is 1.95. The molecule has 28 heavy (non-hydrogen) atoms. The predicted octanol–water partition coefficient (Wildman–Crippen LogP) is 2.13. The van der Waals surface area contributed by atoms with Crippen LogP contribution < -0.4 is 5.73 Å². The number of fused-ring (bicyclic) bond motifs is 1. The van der Waals surface area contributed by atoms with E-state index in [1.165, 1.54) is 0 Å². The van der Waals surface area contributed by atoms with Gasteiger partial charge in [0.2, 0.25) is 5.91 Å². The highest BCUT2D eigenvalue weighted by molar-refractivity contribution is 6.31. The van der Waals surface area contributed by atoms with Gasteiger partial charge >= 0.3 is 0 Å². The van der Waals surface area contributed by atoms with Crippen molar-refractivity contribution < 1.29 is 4.79 Å². The Bertz CT molecular complexity index is 1190. The first-order valence-electron chi connectivity index (χ1n) is 8.67. The second kappa shape index (κ2) is 7.05. The normalized spacial score (nSPS) is 11.2. The Morgan fingerprint density at radius 2 is 2.07 bits per heavy atom. The summed E-state index contributed by atoms with van der Waals surface area (Å²) in [6, 6.07) is 7.36. The number of halogens is 1. The fourth-order valence-corrected chi connectivity index (χ4v) is 3.38. The van der Waals surface area contributed by atoms with E-state index in [0.717, 1.165) is 27.8 Å². The molecular weight excluding hydrogens is 378 g/mol. The SMILES string of the molecule is Cc1nn(C)cc1Cc1nc(CC(N)=O)nn1-c1ccnc2cc(Cl)ccc12. The number of nitrogens with two attached hydrogens (primary N) is 1. The first-order chi connectivity index (χ1) is 13.4. The molecule has 0 spiro atoms. The highest BCUT2D eigenvalue weighted by Crippen LogP contribution is 2.25. The van der Waals surface area contributed by atoms with Crippen LogP contribution in [-0.2, 0) is 24.7 Å². The number of carbonyl (C=O) groups is 1. The fourth-order valence-electron chi connectivity index (χ4n) is 3.21. The zero-order valence-corrected chi connectivity index (χ0v) is 16.2. The average Bonchev–Trinajstić information content (AvgIpc) is 3.16. The minimum absolute atomic E-state index is 0.0269. The van der Waals surface area contributed by atoms with Gasteiger partial charge in [0.25, 0.3) is 0 Å². The van der Waals surface area contributed by atoms with E-state index in [2.05, 4.69) is 20.2 Å². The number of amides is 1. The van der Waals surface area contributed by atoms with Crippen LogP contribution in [0.5, 0.6) is 0 Å². The largest absolute Gasteiger partial charge is 0.369 e. The molecule has 0 aliphatic heterocycles. The van der Waals surface area contributed by atoms with Crippen LogP contribution >= 0.6 is 11.6 Å². The van der Waals surface area contributed by atoms with Crippen LogP contribution in [0.1, 0.15) is 22.9 Å². The van der Waals surface area contributed by atoms with E-state index in [-0.39, 0.29) is 6.42 Å². The van der Waals surface area contributed by atoms with Crippen LogP contribution in [0.4, 0.5) is 0 Å². The Labute approximate surface area is 166 Å². The van der Waals surface area contributed by atoms with Gasteiger partial charge in [0.1, 0.15) is 5.82 Å². The quantitative estimate of drug-likeness (QED) is 0.557. The fraction of sp³-hybridized carbons (Fsp3) is 0.211. The molecule has 4 aromatic rings. The number of aromatic nitrogens is 6. The first kappa shape index (κ1) is 18.1. The Morgan fingerprint density at radius 3 is 2.79 bits per heavy atom. The van der Waals surface area contributed by atoms with Crippen molar-refractivity contribution in [3.05, 3.63) is 64.6 Å². The number of benzene rings is 1. The second-order valence-electron chi connectivity index (χ2n) is 6.58. The number of carbonyl (C=O) groups excluding carboxylic acids is 1. The van der Waals surface area contributed by atoms with Crippen molar-refractivity contribution in [2.75, 3.05) is 0 Å². The highest BCUT2D eigenvalue weighted by atomic mass is 35.5. The lowest BCUT2D eigenvalue weighted by Crippen LogP contribution is -2.14. The molecule has 2 N–H and O–H groups in total. The van der Waals surface area contributed by atoms with Crippen molar-refractivity contribution in [3.63, 3.8) is 0 Å². The molecule has 1 aromatic carbocycles. The number of rotatable bonds is 5. The van der Waals surface area contributed by atoms with Gasteiger partial charge in [-0.2, -0.15) is 10.2 Å². The van der Waals surface area contributed by atoms with Crippen molar-refractivity contribution in [1.82, 2.24) is 29.5 Å². The third kappa shape index (κ3) is 3.46. The van der Waals surface area contributed by atoms with Gasteiger partial charge in [0.05, 0.1) is 23.3 Å². The lowest BCUT2D eigenvalue weighted by atomic mass is 10.1. The second-order valence-corrected chi connectivity index (χ2v) is 7.02. The van der Waals surface area contributed by atoms with Gasteiger partial charge < -0.3 is 5.73 Å². The molecule has 9 heteroatoms. The zero-order chi connectivity index (χ0) is 19.8. The van der Waals surface area contributed by atoms with Crippen LogP contribution in [0, 0.1) is 6.92 Å². The van der Waals surface area contributed by atoms with Crippen LogP contribution in [0.2, 0.25) is 5.02 Å². The lowest BCUT2D eigenvalue weighted by molar-refractivity contribution is -0.117. The van der Waals surface area contributed by atoms with E-state index in [1.807, 2.05) is 32.3 Å². The summed E-state index contributed by atoms with van der Waals surface area (Å²) >= 11 is 6.10. The Morgan fingerprint density at radius 1 is 1.25 bits per heavy atom. The lowest BCUT2D eigenvalue weighted by Gasteiger charge is -2.09. The topological polar surface area (TPSA) is 105 Å². The number of pyridine rings is 1. The van der Waals surface area contributed by atoms with E-state index in [4.69, 9.17) is 17.3 Å². The minimum atomic E-state index is -0.479. The van der Waals surface area contributed by atoms with Crippen LogP contribution in [-0.4, -0.2) is 35.4 Å². The van der Waals surface area contributed by atoms with Crippen LogP contribution in [0.25, 0.3) is 16.6 Å². The van der Waals surface area contributed by atoms with E-state index >= 15 is 0 Å². The molecular formula is C19H18ClN7O. The summed E-state index contributed by atoms with van der Waals surface area (Å²) in [5.74, 6) is 0.588. The van der Waals surface area contributed by atoms with Crippen molar-refractivity contribution in [1.29, 1.82) is 0 Å². The van der Waals surface area contributed by atoms with Gasteiger partial charge in [0, 0.05) is 41.8 Å². The molecule has 0 fully saturated rings. The number of primary amides is 1. The maximum atomic E-state index is 11.4. The molecule has 0 aliphatic carbocycles. The summed E-state index contributed by atoms with van der Waals surface area (Å²) in [5.41, 5.74) is 8.85. The van der Waals surface area contributed by atoms with Gasteiger partial charge in [-0.1, -0.05) is 11.6 Å². The number of aryl methyl sites for hydroxylation is 2. The van der Waals surface area contributed by atoms with E-state index < -0.39 is 5.91 Å². The number of hydrogen-bond acceptors (Lipinski definition) is 5.